The Morgan fingerprint density at radius 3 is 1.00 bits per heavy atom. The van der Waals surface area contributed by atoms with Crippen LogP contribution in [0, 0.1) is 0 Å². The molecule has 0 aromatic rings. The van der Waals surface area contributed by atoms with Gasteiger partial charge in [0.15, 0.2) is 0 Å². The summed E-state index contributed by atoms with van der Waals surface area (Å²) in [5.74, 6) is 0. The van der Waals surface area contributed by atoms with E-state index in [1.165, 1.54) is 0 Å². The van der Waals surface area contributed by atoms with Crippen LogP contribution in [0.5, 0.6) is 0 Å². The molecule has 0 bridgehead atoms. The number of hydrogen-bond donors (Lipinski definition) is 0. The molecule has 0 nitrogen and oxygen atoms in total. The number of halogens is 1. The molecule has 4 heteroatoms. The third-order valence-corrected chi connectivity index (χ3v) is 0. The molecular formula is H7BaCaClSr. The third-order valence-electron chi connectivity index (χ3n) is 0. The van der Waals surface area contributed by atoms with Crippen molar-refractivity contribution in [2.75, 3.05) is 0 Å². The van der Waals surface area contributed by atoms with E-state index in [0.29, 0.717) is 0 Å². The van der Waals surface area contributed by atoms with Gasteiger partial charge in [-0.15, -0.1) is 12.4 Å². The van der Waals surface area contributed by atoms with Crippen LogP contribution in [0.4, 0.5) is 0 Å². The minimum absolute atomic E-state index is 0. The second kappa shape index (κ2) is 15.6. The molecule has 0 amide bonds. The quantitative estimate of drug-likeness (QED) is 0.441. The van der Waals surface area contributed by atoms with E-state index in [0.717, 1.165) is 0 Å². The van der Waals surface area contributed by atoms with Gasteiger partial charge >= 0.3 is 132 Å². The van der Waals surface area contributed by atoms with Gasteiger partial charge in [0.25, 0.3) is 0 Å². The van der Waals surface area contributed by atoms with Gasteiger partial charge in [0.05, 0.1) is 0 Å². The maximum absolute atomic E-state index is 0. The first-order chi connectivity index (χ1) is 0. The van der Waals surface area contributed by atoms with Gasteiger partial charge in [-0.3, -0.25) is 0 Å². The summed E-state index contributed by atoms with van der Waals surface area (Å²) in [6.07, 6.45) is 0. The van der Waals surface area contributed by atoms with Crippen molar-refractivity contribution in [1.82, 2.24) is 0 Å². The van der Waals surface area contributed by atoms with Crippen LogP contribution in [0.1, 0.15) is 0 Å². The van der Waals surface area contributed by atoms with Crippen LogP contribution in [0.25, 0.3) is 0 Å². The summed E-state index contributed by atoms with van der Waals surface area (Å²) in [7, 11) is 0. The van der Waals surface area contributed by atoms with Gasteiger partial charge in [-0.1, -0.05) is 0 Å². The Morgan fingerprint density at radius 1 is 1.00 bits per heavy atom. The molecule has 0 fully saturated rings. The monoisotopic (exact) mass is 308 g/mol. The Hall–Kier alpha value is 4.60. The summed E-state index contributed by atoms with van der Waals surface area (Å²) in [4.78, 5) is 0. The summed E-state index contributed by atoms with van der Waals surface area (Å²) in [6, 6.07) is 0. The van der Waals surface area contributed by atoms with Crippen molar-refractivity contribution in [3.63, 3.8) is 0 Å². The molecule has 4 heavy (non-hydrogen) atoms. The fourth-order valence-corrected chi connectivity index (χ4v) is 0. The first-order valence-electron chi connectivity index (χ1n) is 0. The van der Waals surface area contributed by atoms with Gasteiger partial charge < -0.3 is 0 Å². The second-order valence-corrected chi connectivity index (χ2v) is 0. The number of hydrogen-bond acceptors (Lipinski definition) is 0. The van der Waals surface area contributed by atoms with Crippen LogP contribution in [0.2, 0.25) is 0 Å². The predicted octanol–water partition coefficient (Wildman–Crippen LogP) is -2.33. The van der Waals surface area contributed by atoms with Crippen molar-refractivity contribution in [3.8, 4) is 0 Å². The standard InChI is InChI=1S/Ba.Ca.ClH.Sr.6H/h;;1H;;;;;;;. The Labute approximate surface area is 140 Å². The van der Waals surface area contributed by atoms with E-state index in [2.05, 4.69) is 0 Å². The molecule has 0 aliphatic rings. The zero-order valence-electron chi connectivity index (χ0n) is 0.408. The maximum atomic E-state index is 0. The normalized spacial score (nSPS) is 0. The van der Waals surface area contributed by atoms with Crippen molar-refractivity contribution in [1.29, 1.82) is 0 Å². The first kappa shape index (κ1) is 23.5. The Morgan fingerprint density at radius 2 is 1.00 bits per heavy atom. The molecule has 0 unspecified atom stereocenters. The van der Waals surface area contributed by atoms with Gasteiger partial charge in [0.1, 0.15) is 0 Å². The molecule has 0 saturated carbocycles. The predicted molar refractivity (Wildman–Crippen MR) is 32.9 cm³/mol. The van der Waals surface area contributed by atoms with E-state index in [9.17, 15) is 0 Å². The second-order valence-electron chi connectivity index (χ2n) is 0. The topological polar surface area (TPSA) is 0 Å². The Bertz CT molecular complexity index is 8.00. The first-order valence-corrected chi connectivity index (χ1v) is 0. The van der Waals surface area contributed by atoms with Gasteiger partial charge in [0.2, 0.25) is 0 Å². The van der Waals surface area contributed by atoms with Crippen LogP contribution in [0.15, 0.2) is 0 Å². The molecule has 0 spiro atoms. The summed E-state index contributed by atoms with van der Waals surface area (Å²) in [6.45, 7) is 0. The van der Waals surface area contributed by atoms with Gasteiger partial charge in [-0.25, -0.2) is 0 Å². The Kier molecular flexibility index (Phi) is 91.8. The van der Waals surface area contributed by atoms with Crippen LogP contribution in [-0.2, 0) is 0 Å². The Balaban J connectivity index is 0. The van der Waals surface area contributed by atoms with E-state index in [1.807, 2.05) is 0 Å². The van der Waals surface area contributed by atoms with E-state index in [4.69, 9.17) is 0 Å². The van der Waals surface area contributed by atoms with E-state index in [1.54, 1.807) is 0 Å². The van der Waals surface area contributed by atoms with Crippen LogP contribution < -0.4 is 0 Å². The molecular weight excluding hydrogens is 300 g/mol. The summed E-state index contributed by atoms with van der Waals surface area (Å²) in [5.41, 5.74) is 0. The van der Waals surface area contributed by atoms with Crippen LogP contribution in [-0.4, -0.2) is 132 Å². The summed E-state index contributed by atoms with van der Waals surface area (Å²) < 4.78 is 0. The van der Waals surface area contributed by atoms with Crippen molar-refractivity contribution in [2.45, 2.75) is 0 Å². The molecule has 0 aromatic heterocycles. The van der Waals surface area contributed by atoms with E-state index in [-0.39, 0.29) is 145 Å². The average Bonchev–Trinajstić information content (AvgIpc) is 0. The summed E-state index contributed by atoms with van der Waals surface area (Å²) in [5, 5.41) is 0. The van der Waals surface area contributed by atoms with Gasteiger partial charge in [0, 0.05) is 0 Å². The van der Waals surface area contributed by atoms with Crippen molar-refractivity contribution in [2.24, 2.45) is 0 Å². The third kappa shape index (κ3) is 9.78. The molecule has 20 valence electrons. The molecule has 0 atom stereocenters. The zero-order chi connectivity index (χ0) is 0. The van der Waals surface area contributed by atoms with Gasteiger partial charge in [-0.2, -0.15) is 0 Å². The molecule has 0 N–H and O–H groups in total. The number of rotatable bonds is 0. The van der Waals surface area contributed by atoms with Gasteiger partial charge in [-0.05, 0) is 0 Å². The van der Waals surface area contributed by atoms with Crippen LogP contribution >= 0.6 is 12.4 Å². The summed E-state index contributed by atoms with van der Waals surface area (Å²) >= 11 is 0. The van der Waals surface area contributed by atoms with Crippen molar-refractivity contribution in [3.05, 3.63) is 0 Å². The zero-order valence-corrected chi connectivity index (χ0v) is 1.22. The molecule has 0 aliphatic carbocycles. The molecule has 0 aromatic carbocycles. The van der Waals surface area contributed by atoms with E-state index < -0.39 is 0 Å². The molecule has 0 saturated heterocycles. The fourth-order valence-electron chi connectivity index (χ4n) is 0. The van der Waals surface area contributed by atoms with Crippen LogP contribution in [0.3, 0.4) is 0 Å². The molecule has 0 aliphatic heterocycles. The SMILES string of the molecule is Cl.[BaH2].[CaH2].[SrH2]. The molecule has 0 heterocycles. The molecule has 0 radical (unpaired) electrons. The minimum atomic E-state index is 0. The van der Waals surface area contributed by atoms with Crippen molar-refractivity contribution < 1.29 is 0 Å². The average molecular weight is 308 g/mol. The van der Waals surface area contributed by atoms with E-state index >= 15 is 0 Å². The fraction of sp³-hybridized carbons (Fsp3) is 0. The molecule has 0 rings (SSSR count). The van der Waals surface area contributed by atoms with Crippen molar-refractivity contribution >= 4 is 145 Å².